The van der Waals surface area contributed by atoms with Crippen molar-refractivity contribution in [1.29, 1.82) is 0 Å². The quantitative estimate of drug-likeness (QED) is 0.353. The van der Waals surface area contributed by atoms with Crippen LogP contribution in [-0.4, -0.2) is 69.5 Å². The number of nitrogens with zero attached hydrogens (tertiary/aromatic N) is 1. The molecule has 32 heavy (non-hydrogen) atoms. The van der Waals surface area contributed by atoms with Crippen molar-refractivity contribution < 1.29 is 17.9 Å². The summed E-state index contributed by atoms with van der Waals surface area (Å²) in [5.41, 5.74) is 2.65. The van der Waals surface area contributed by atoms with Gasteiger partial charge < -0.3 is 20.3 Å². The lowest BCUT2D eigenvalue weighted by Gasteiger charge is -2.32. The number of hydrogen-bond acceptors (Lipinski definition) is 6. The molecule has 0 radical (unpaired) electrons. The Morgan fingerprint density at radius 3 is 2.56 bits per heavy atom. The molecule has 0 aromatic carbocycles. The van der Waals surface area contributed by atoms with Crippen molar-refractivity contribution in [2.24, 2.45) is 5.92 Å². The van der Waals surface area contributed by atoms with Gasteiger partial charge in [0.15, 0.2) is 0 Å². The van der Waals surface area contributed by atoms with Crippen molar-refractivity contribution in [3.8, 4) is 0 Å². The Bertz CT molecular complexity index is 872. The van der Waals surface area contributed by atoms with Crippen LogP contribution in [0.1, 0.15) is 60.3 Å². The molecule has 2 aliphatic heterocycles. The van der Waals surface area contributed by atoms with Gasteiger partial charge in [-0.2, -0.15) is 0 Å². The van der Waals surface area contributed by atoms with Crippen LogP contribution in [0, 0.1) is 5.92 Å². The van der Waals surface area contributed by atoms with Gasteiger partial charge in [-0.25, -0.2) is 13.1 Å². The highest BCUT2D eigenvalue weighted by atomic mass is 32.2. The van der Waals surface area contributed by atoms with Crippen molar-refractivity contribution in [2.75, 3.05) is 39.4 Å². The molecule has 2 unspecified atom stereocenters. The zero-order chi connectivity index (χ0) is 23.5. The fourth-order valence-corrected chi connectivity index (χ4v) is 6.76. The number of carbonyl (C=O) groups is 1. The van der Waals surface area contributed by atoms with Crippen LogP contribution in [0.3, 0.4) is 0 Å². The van der Waals surface area contributed by atoms with E-state index in [1.54, 1.807) is 0 Å². The third-order valence-electron chi connectivity index (χ3n) is 6.85. The van der Waals surface area contributed by atoms with Crippen LogP contribution in [0.15, 0.2) is 22.5 Å². The fraction of sp³-hybridized carbons (Fsp3) is 0.783. The first-order valence-electron chi connectivity index (χ1n) is 11.8. The summed E-state index contributed by atoms with van der Waals surface area (Å²) in [6, 6.07) is 0. The zero-order valence-corrected chi connectivity index (χ0v) is 21.0. The second kappa shape index (κ2) is 10.2. The molecule has 2 fully saturated rings. The molecule has 2 saturated heterocycles. The summed E-state index contributed by atoms with van der Waals surface area (Å²) in [5, 5.41) is 5.82. The summed E-state index contributed by atoms with van der Waals surface area (Å²) in [5.74, 6) is 0.958. The van der Waals surface area contributed by atoms with Gasteiger partial charge >= 0.3 is 0 Å². The maximum absolute atomic E-state index is 13.2. The van der Waals surface area contributed by atoms with Crippen molar-refractivity contribution >= 4 is 15.9 Å². The van der Waals surface area contributed by atoms with Crippen molar-refractivity contribution in [3.05, 3.63) is 22.5 Å². The molecule has 3 N–H and O–H groups in total. The first-order chi connectivity index (χ1) is 15.0. The number of carbonyl (C=O) groups excluding carboxylic acids is 1. The van der Waals surface area contributed by atoms with E-state index in [0.717, 1.165) is 67.9 Å². The Kier molecular flexibility index (Phi) is 8.06. The molecular formula is C23H40N4O4S. The molecule has 8 nitrogen and oxygen atoms in total. The molecule has 0 bridgehead atoms. The average Bonchev–Trinajstić information content (AvgIpc) is 3.08. The molecule has 0 spiro atoms. The monoisotopic (exact) mass is 468 g/mol. The summed E-state index contributed by atoms with van der Waals surface area (Å²) < 4.78 is 35.2. The van der Waals surface area contributed by atoms with Gasteiger partial charge in [0.05, 0.1) is 6.67 Å². The molecule has 1 amide bonds. The number of sulfonamides is 1. The predicted molar refractivity (Wildman–Crippen MR) is 126 cm³/mol. The predicted octanol–water partition coefficient (Wildman–Crippen LogP) is 1.86. The summed E-state index contributed by atoms with van der Waals surface area (Å²) in [6.07, 6.45) is 2.91. The molecule has 182 valence electrons. The van der Waals surface area contributed by atoms with Gasteiger partial charge in [0, 0.05) is 44.9 Å². The van der Waals surface area contributed by atoms with Gasteiger partial charge in [0.25, 0.3) is 0 Å². The van der Waals surface area contributed by atoms with Gasteiger partial charge in [0.2, 0.25) is 15.9 Å². The Morgan fingerprint density at radius 1 is 1.19 bits per heavy atom. The highest BCUT2D eigenvalue weighted by Crippen LogP contribution is 2.47. The van der Waals surface area contributed by atoms with Crippen LogP contribution in [0.5, 0.6) is 0 Å². The summed E-state index contributed by atoms with van der Waals surface area (Å²) in [4.78, 5) is 14.1. The molecular weight excluding hydrogens is 428 g/mol. The van der Waals surface area contributed by atoms with Crippen molar-refractivity contribution in [3.63, 3.8) is 0 Å². The van der Waals surface area contributed by atoms with E-state index in [9.17, 15) is 13.2 Å². The smallest absolute Gasteiger partial charge is 0.222 e. The molecule has 2 atom stereocenters. The lowest BCUT2D eigenvalue weighted by Crippen LogP contribution is -2.46. The Hall–Kier alpha value is -1.42. The topological polar surface area (TPSA) is 99.8 Å². The van der Waals surface area contributed by atoms with E-state index in [4.69, 9.17) is 4.74 Å². The maximum Gasteiger partial charge on any atom is 0.222 e. The van der Waals surface area contributed by atoms with E-state index in [1.807, 2.05) is 39.5 Å². The van der Waals surface area contributed by atoms with E-state index in [2.05, 4.69) is 15.4 Å². The maximum atomic E-state index is 13.2. The summed E-state index contributed by atoms with van der Waals surface area (Å²) in [6.45, 7) is 14.1. The van der Waals surface area contributed by atoms with E-state index < -0.39 is 15.3 Å². The Morgan fingerprint density at radius 2 is 1.88 bits per heavy atom. The van der Waals surface area contributed by atoms with Crippen LogP contribution < -0.4 is 15.4 Å². The lowest BCUT2D eigenvalue weighted by molar-refractivity contribution is -0.131. The van der Waals surface area contributed by atoms with Crippen molar-refractivity contribution in [2.45, 2.75) is 71.2 Å². The number of amides is 1. The van der Waals surface area contributed by atoms with Crippen LogP contribution in [-0.2, 0) is 19.6 Å². The third kappa shape index (κ3) is 5.73. The van der Waals surface area contributed by atoms with E-state index in [1.165, 1.54) is 0 Å². The number of ether oxygens (including phenoxy) is 1. The van der Waals surface area contributed by atoms with Gasteiger partial charge in [-0.05, 0) is 63.8 Å². The minimum Gasteiger partial charge on any atom is -0.487 e. The summed E-state index contributed by atoms with van der Waals surface area (Å²) in [7, 11) is -3.54. The van der Waals surface area contributed by atoms with Crippen LogP contribution >= 0.6 is 0 Å². The molecule has 1 aliphatic carbocycles. The molecule has 3 aliphatic rings. The van der Waals surface area contributed by atoms with Gasteiger partial charge in [0.1, 0.15) is 16.6 Å². The number of allylic oxidation sites excluding steroid dienone is 2. The summed E-state index contributed by atoms with van der Waals surface area (Å²) >= 11 is 0. The van der Waals surface area contributed by atoms with Crippen LogP contribution in [0.25, 0.3) is 0 Å². The number of hydrogen-bond donors (Lipinski definition) is 3. The standard InChI is InChI=1S/C23H40N4O4S/c1-16-17(2)22(18(3)19-14-23(4,5)31-21(16)19)32(29,30)26-15-25-9-7-6-8-20(28)27-12-10-24-11-13-27/h17,22,24-26H,6-15H2,1-5H3. The van der Waals surface area contributed by atoms with Gasteiger partial charge in [-0.15, -0.1) is 0 Å². The zero-order valence-electron chi connectivity index (χ0n) is 20.2. The molecule has 2 heterocycles. The number of piperazine rings is 1. The van der Waals surface area contributed by atoms with Gasteiger partial charge in [-0.3, -0.25) is 4.79 Å². The average molecular weight is 469 g/mol. The molecule has 0 aromatic heterocycles. The number of rotatable bonds is 9. The molecule has 0 aromatic rings. The third-order valence-corrected chi connectivity index (χ3v) is 8.83. The minimum atomic E-state index is -3.54. The SMILES string of the molecule is CC1=C2OC(C)(C)CC2=C(C)C(S(=O)(=O)NCNCCCCC(=O)N2CCNCC2)C1C. The lowest BCUT2D eigenvalue weighted by atomic mass is 9.83. The van der Waals surface area contributed by atoms with Crippen LogP contribution in [0.4, 0.5) is 0 Å². The van der Waals surface area contributed by atoms with Crippen molar-refractivity contribution in [1.82, 2.24) is 20.3 Å². The number of unbranched alkanes of at least 4 members (excludes halogenated alkanes) is 1. The van der Waals surface area contributed by atoms with Crippen LogP contribution in [0.2, 0.25) is 0 Å². The fourth-order valence-electron chi connectivity index (χ4n) is 4.93. The first-order valence-corrected chi connectivity index (χ1v) is 13.4. The van der Waals surface area contributed by atoms with E-state index >= 15 is 0 Å². The Labute approximate surface area is 193 Å². The minimum absolute atomic E-state index is 0.142. The highest BCUT2D eigenvalue weighted by Gasteiger charge is 2.45. The normalized spacial score (nSPS) is 25.7. The first kappa shape index (κ1) is 25.2. The van der Waals surface area contributed by atoms with Gasteiger partial charge in [-0.1, -0.05) is 6.92 Å². The second-order valence-corrected chi connectivity index (χ2v) is 11.8. The van der Waals surface area contributed by atoms with E-state index in [-0.39, 0.29) is 24.1 Å². The second-order valence-electron chi connectivity index (χ2n) is 9.88. The molecule has 3 rings (SSSR count). The Balaban J connectivity index is 1.44. The number of fused-ring (bicyclic) bond motifs is 1. The molecule has 0 saturated carbocycles. The highest BCUT2D eigenvalue weighted by molar-refractivity contribution is 7.90. The largest absolute Gasteiger partial charge is 0.487 e. The molecule has 9 heteroatoms. The van der Waals surface area contributed by atoms with E-state index in [0.29, 0.717) is 13.0 Å². The number of nitrogens with one attached hydrogen (secondary N) is 3.